The number of hydrogen-bond donors (Lipinski definition) is 2. The third kappa shape index (κ3) is 4.00. The first-order valence-electron chi connectivity index (χ1n) is 9.16. The first kappa shape index (κ1) is 19.1. The molecular weight excluding hydrogens is 394 g/mol. The molecule has 0 atom stereocenters. The third-order valence-corrected chi connectivity index (χ3v) is 5.90. The molecule has 0 unspecified atom stereocenters. The van der Waals surface area contributed by atoms with Crippen molar-refractivity contribution in [1.29, 1.82) is 0 Å². The van der Waals surface area contributed by atoms with Crippen LogP contribution in [0.1, 0.15) is 33.0 Å². The second-order valence-electron chi connectivity index (χ2n) is 6.63. The summed E-state index contributed by atoms with van der Waals surface area (Å²) in [5, 5.41) is 3.15. The highest BCUT2D eigenvalue weighted by molar-refractivity contribution is 7.18. The number of hydrogen-bond acceptors (Lipinski definition) is 7. The number of carbonyl (C=O) groups is 2. The molecule has 2 heterocycles. The Morgan fingerprint density at radius 3 is 3.00 bits per heavy atom. The molecule has 0 radical (unpaired) electrons. The number of benzene rings is 1. The van der Waals surface area contributed by atoms with E-state index in [-0.39, 0.29) is 24.5 Å². The molecule has 4 rings (SSSR count). The average molecular weight is 413 g/mol. The number of aromatic amines is 1. The SMILES string of the molecule is COc1cccc(C(=O)NCC(=O)OCc2nc3sc4c(c3c(=O)[nH]2)CCC4)c1. The standard InChI is InChI=1S/C20H19N3O5S/c1-27-12-5-2-4-11(8-12)18(25)21-9-16(24)28-10-15-22-19(26)17-13-6-3-7-14(13)29-20(17)23-15/h2,4-5,8H,3,6-7,9-10H2,1H3,(H,21,25)(H,22,23,26). The molecule has 150 valence electrons. The Morgan fingerprint density at radius 1 is 1.31 bits per heavy atom. The second-order valence-corrected chi connectivity index (χ2v) is 7.71. The summed E-state index contributed by atoms with van der Waals surface area (Å²) in [6, 6.07) is 6.59. The van der Waals surface area contributed by atoms with Crippen molar-refractivity contribution < 1.29 is 19.1 Å². The minimum atomic E-state index is -0.627. The number of nitrogens with one attached hydrogen (secondary N) is 2. The normalized spacial score (nSPS) is 12.6. The lowest BCUT2D eigenvalue weighted by Gasteiger charge is -2.07. The van der Waals surface area contributed by atoms with Crippen LogP contribution in [-0.2, 0) is 29.0 Å². The quantitative estimate of drug-likeness (QED) is 0.598. The highest BCUT2D eigenvalue weighted by atomic mass is 32.1. The number of methoxy groups -OCH3 is 1. The van der Waals surface area contributed by atoms with Gasteiger partial charge in [-0.15, -0.1) is 11.3 Å². The summed E-state index contributed by atoms with van der Waals surface area (Å²) in [5.41, 5.74) is 1.27. The van der Waals surface area contributed by atoms with Crippen molar-refractivity contribution in [1.82, 2.24) is 15.3 Å². The summed E-state index contributed by atoms with van der Waals surface area (Å²) in [6.45, 7) is -0.461. The van der Waals surface area contributed by atoms with Gasteiger partial charge in [0.15, 0.2) is 0 Å². The van der Waals surface area contributed by atoms with Gasteiger partial charge in [0.2, 0.25) is 0 Å². The maximum absolute atomic E-state index is 12.4. The monoisotopic (exact) mass is 413 g/mol. The van der Waals surface area contributed by atoms with Gasteiger partial charge < -0.3 is 19.8 Å². The molecule has 0 aliphatic heterocycles. The van der Waals surface area contributed by atoms with E-state index in [4.69, 9.17) is 9.47 Å². The lowest BCUT2D eigenvalue weighted by atomic mass is 10.2. The van der Waals surface area contributed by atoms with Crippen molar-refractivity contribution >= 4 is 33.4 Å². The number of amides is 1. The Kier molecular flexibility index (Phi) is 5.30. The molecule has 0 fully saturated rings. The van der Waals surface area contributed by atoms with E-state index >= 15 is 0 Å². The van der Waals surface area contributed by atoms with Gasteiger partial charge >= 0.3 is 5.97 Å². The van der Waals surface area contributed by atoms with Crippen LogP contribution in [0.4, 0.5) is 0 Å². The van der Waals surface area contributed by atoms with Crippen LogP contribution < -0.4 is 15.6 Å². The summed E-state index contributed by atoms with van der Waals surface area (Å²) < 4.78 is 10.2. The highest BCUT2D eigenvalue weighted by Gasteiger charge is 2.21. The Balaban J connectivity index is 1.35. The van der Waals surface area contributed by atoms with Crippen molar-refractivity contribution in [3.8, 4) is 5.75 Å². The third-order valence-electron chi connectivity index (χ3n) is 4.72. The minimum absolute atomic E-state index is 0.165. The van der Waals surface area contributed by atoms with Gasteiger partial charge in [0.1, 0.15) is 29.6 Å². The number of rotatable bonds is 6. The molecule has 1 aromatic carbocycles. The molecule has 3 aromatic rings. The van der Waals surface area contributed by atoms with Gasteiger partial charge in [-0.2, -0.15) is 0 Å². The molecule has 2 N–H and O–H groups in total. The molecule has 0 saturated heterocycles. The second kappa shape index (κ2) is 8.04. The molecule has 8 nitrogen and oxygen atoms in total. The first-order chi connectivity index (χ1) is 14.0. The number of carbonyl (C=O) groups excluding carboxylic acids is 2. The molecule has 9 heteroatoms. The molecular formula is C20H19N3O5S. The zero-order valence-corrected chi connectivity index (χ0v) is 16.6. The van der Waals surface area contributed by atoms with Gasteiger partial charge in [-0.3, -0.25) is 14.4 Å². The summed E-state index contributed by atoms with van der Waals surface area (Å²) in [7, 11) is 1.51. The molecule has 0 saturated carbocycles. The Morgan fingerprint density at radius 2 is 2.17 bits per heavy atom. The smallest absolute Gasteiger partial charge is 0.325 e. The molecule has 1 aliphatic carbocycles. The Hall–Kier alpha value is -3.20. The molecule has 29 heavy (non-hydrogen) atoms. The molecule has 1 amide bonds. The van der Waals surface area contributed by atoms with Gasteiger partial charge in [0.05, 0.1) is 12.5 Å². The largest absolute Gasteiger partial charge is 0.497 e. The summed E-state index contributed by atoms with van der Waals surface area (Å²) in [6.07, 6.45) is 2.95. The van der Waals surface area contributed by atoms with Crippen LogP contribution in [0.5, 0.6) is 5.75 Å². The lowest BCUT2D eigenvalue weighted by Crippen LogP contribution is -2.30. The number of esters is 1. The van der Waals surface area contributed by atoms with Crippen LogP contribution in [0.3, 0.4) is 0 Å². The summed E-state index contributed by atoms with van der Waals surface area (Å²) in [4.78, 5) is 45.5. The van der Waals surface area contributed by atoms with E-state index in [1.54, 1.807) is 24.3 Å². The van der Waals surface area contributed by atoms with Crippen molar-refractivity contribution in [2.24, 2.45) is 0 Å². The van der Waals surface area contributed by atoms with Crippen LogP contribution in [0, 0.1) is 0 Å². The van der Waals surface area contributed by atoms with E-state index in [2.05, 4.69) is 15.3 Å². The number of H-pyrrole nitrogens is 1. The van der Waals surface area contributed by atoms with Crippen molar-refractivity contribution in [3.05, 3.63) is 56.4 Å². The van der Waals surface area contributed by atoms with E-state index in [9.17, 15) is 14.4 Å². The fraction of sp³-hybridized carbons (Fsp3) is 0.300. The van der Waals surface area contributed by atoms with Crippen molar-refractivity contribution in [3.63, 3.8) is 0 Å². The average Bonchev–Trinajstić information content (AvgIpc) is 3.31. The summed E-state index contributed by atoms with van der Waals surface area (Å²) >= 11 is 1.52. The number of aromatic nitrogens is 2. The van der Waals surface area contributed by atoms with Gasteiger partial charge in [-0.1, -0.05) is 6.07 Å². The Labute approximate surface area is 169 Å². The fourth-order valence-electron chi connectivity index (χ4n) is 3.33. The Bertz CT molecular complexity index is 1150. The van der Waals surface area contributed by atoms with E-state index < -0.39 is 11.9 Å². The van der Waals surface area contributed by atoms with E-state index in [1.807, 2.05) is 0 Å². The van der Waals surface area contributed by atoms with E-state index in [0.29, 0.717) is 21.5 Å². The maximum atomic E-state index is 12.4. The topological polar surface area (TPSA) is 110 Å². The van der Waals surface area contributed by atoms with E-state index in [1.165, 1.54) is 23.3 Å². The van der Waals surface area contributed by atoms with Gasteiger partial charge in [-0.05, 0) is 43.0 Å². The summed E-state index contributed by atoms with van der Waals surface area (Å²) in [5.74, 6) is -0.209. The van der Waals surface area contributed by atoms with Crippen LogP contribution in [0.2, 0.25) is 0 Å². The van der Waals surface area contributed by atoms with Gasteiger partial charge in [-0.25, -0.2) is 4.98 Å². The maximum Gasteiger partial charge on any atom is 0.325 e. The molecule has 1 aliphatic rings. The number of ether oxygens (including phenoxy) is 2. The number of aryl methyl sites for hydroxylation is 2. The van der Waals surface area contributed by atoms with Crippen molar-refractivity contribution in [2.75, 3.05) is 13.7 Å². The zero-order chi connectivity index (χ0) is 20.4. The van der Waals surface area contributed by atoms with Crippen LogP contribution >= 0.6 is 11.3 Å². The predicted molar refractivity (Wildman–Crippen MR) is 107 cm³/mol. The molecule has 0 bridgehead atoms. The lowest BCUT2D eigenvalue weighted by molar-refractivity contribution is -0.143. The minimum Gasteiger partial charge on any atom is -0.497 e. The number of fused-ring (bicyclic) bond motifs is 3. The number of nitrogens with zero attached hydrogens (tertiary/aromatic N) is 1. The van der Waals surface area contributed by atoms with Crippen LogP contribution in [0.25, 0.3) is 10.2 Å². The van der Waals surface area contributed by atoms with E-state index in [0.717, 1.165) is 24.8 Å². The van der Waals surface area contributed by atoms with Gasteiger partial charge in [0.25, 0.3) is 11.5 Å². The fourth-order valence-corrected chi connectivity index (χ4v) is 4.61. The molecule has 0 spiro atoms. The zero-order valence-electron chi connectivity index (χ0n) is 15.7. The first-order valence-corrected chi connectivity index (χ1v) is 9.98. The molecule has 2 aromatic heterocycles. The highest BCUT2D eigenvalue weighted by Crippen LogP contribution is 2.34. The van der Waals surface area contributed by atoms with Crippen LogP contribution in [0.15, 0.2) is 29.1 Å². The van der Waals surface area contributed by atoms with Gasteiger partial charge in [0, 0.05) is 10.4 Å². The van der Waals surface area contributed by atoms with Crippen LogP contribution in [-0.4, -0.2) is 35.5 Å². The van der Waals surface area contributed by atoms with Crippen molar-refractivity contribution in [2.45, 2.75) is 25.9 Å². The predicted octanol–water partition coefficient (Wildman–Crippen LogP) is 1.96. The number of thiophene rings is 1.